The number of para-hydroxylation sites is 1. The highest BCUT2D eigenvalue weighted by molar-refractivity contribution is 5.92. The number of hydrogen-bond acceptors (Lipinski definition) is 3. The molecule has 1 saturated carbocycles. The highest BCUT2D eigenvalue weighted by atomic mass is 19.4. The number of aryl methyl sites for hydroxylation is 1. The van der Waals surface area contributed by atoms with Crippen LogP contribution in [0.5, 0.6) is 0 Å². The largest absolute Gasteiger partial charge is 0.418 e. The fourth-order valence-corrected chi connectivity index (χ4v) is 3.54. The number of halogens is 4. The molecular formula is C23H19F4N3O2. The number of hydrogen-bond donors (Lipinski definition) is 0. The monoisotopic (exact) mass is 445 g/mol. The molecule has 2 aromatic carbocycles. The van der Waals surface area contributed by atoms with Crippen molar-refractivity contribution in [1.82, 2.24) is 14.7 Å². The average molecular weight is 445 g/mol. The highest BCUT2D eigenvalue weighted by Crippen LogP contribution is 2.34. The second-order valence-corrected chi connectivity index (χ2v) is 7.68. The number of benzene rings is 2. The Morgan fingerprint density at radius 2 is 1.78 bits per heavy atom. The van der Waals surface area contributed by atoms with Gasteiger partial charge in [-0.15, -0.1) is 0 Å². The van der Waals surface area contributed by atoms with Gasteiger partial charge in [0.1, 0.15) is 5.82 Å². The lowest BCUT2D eigenvalue weighted by atomic mass is 10.1. The Morgan fingerprint density at radius 3 is 2.44 bits per heavy atom. The van der Waals surface area contributed by atoms with Crippen molar-refractivity contribution in [2.45, 2.75) is 38.5 Å². The van der Waals surface area contributed by atoms with Crippen LogP contribution in [-0.2, 0) is 12.7 Å². The molecule has 0 spiro atoms. The minimum absolute atomic E-state index is 0.0652. The van der Waals surface area contributed by atoms with E-state index >= 15 is 0 Å². The van der Waals surface area contributed by atoms with Crippen LogP contribution >= 0.6 is 0 Å². The van der Waals surface area contributed by atoms with Crippen molar-refractivity contribution in [3.05, 3.63) is 93.2 Å². The molecule has 0 bridgehead atoms. The van der Waals surface area contributed by atoms with Crippen LogP contribution in [0.1, 0.15) is 40.2 Å². The van der Waals surface area contributed by atoms with Crippen molar-refractivity contribution in [1.29, 1.82) is 0 Å². The van der Waals surface area contributed by atoms with Gasteiger partial charge in [0.2, 0.25) is 5.43 Å². The van der Waals surface area contributed by atoms with Gasteiger partial charge >= 0.3 is 6.18 Å². The standard InChI is InChI=1S/C23H19F4N3O2/c1-14-12-20(31)21(28-30(14)19-9-5-3-7-17(19)23(25,26)27)22(32)29(16-10-11-16)13-15-6-2-4-8-18(15)24/h2-9,12,16H,10-11,13H2,1H3. The molecule has 0 atom stereocenters. The SMILES string of the molecule is Cc1cc(=O)c(C(=O)N(Cc2ccccc2F)C2CC2)nn1-c1ccccc1C(F)(F)F. The van der Waals surface area contributed by atoms with E-state index in [2.05, 4.69) is 5.10 Å². The predicted molar refractivity (Wildman–Crippen MR) is 109 cm³/mol. The summed E-state index contributed by atoms with van der Waals surface area (Å²) in [6.07, 6.45) is -3.27. The molecule has 0 unspecified atom stereocenters. The zero-order valence-corrected chi connectivity index (χ0v) is 17.1. The molecule has 0 radical (unpaired) electrons. The lowest BCUT2D eigenvalue weighted by Gasteiger charge is -2.23. The van der Waals surface area contributed by atoms with Crippen molar-refractivity contribution in [2.24, 2.45) is 0 Å². The first-order valence-electron chi connectivity index (χ1n) is 9.99. The van der Waals surface area contributed by atoms with Crippen molar-refractivity contribution in [3.8, 4) is 5.69 Å². The number of aromatic nitrogens is 2. The third-order valence-corrected chi connectivity index (χ3v) is 5.29. The van der Waals surface area contributed by atoms with E-state index in [9.17, 15) is 27.2 Å². The number of rotatable bonds is 5. The normalized spacial score (nSPS) is 13.8. The van der Waals surface area contributed by atoms with Crippen LogP contribution < -0.4 is 5.43 Å². The molecule has 4 rings (SSSR count). The second kappa shape index (κ2) is 8.22. The maximum Gasteiger partial charge on any atom is 0.418 e. The first-order chi connectivity index (χ1) is 15.2. The summed E-state index contributed by atoms with van der Waals surface area (Å²) in [5.41, 5.74) is -2.01. The van der Waals surface area contributed by atoms with Crippen LogP contribution in [0.25, 0.3) is 5.69 Å². The minimum atomic E-state index is -4.65. The summed E-state index contributed by atoms with van der Waals surface area (Å²) in [4.78, 5) is 27.2. The topological polar surface area (TPSA) is 55.2 Å². The maximum absolute atomic E-state index is 14.1. The molecule has 1 amide bonds. The number of nitrogens with zero attached hydrogens (tertiary/aromatic N) is 3. The van der Waals surface area contributed by atoms with E-state index in [1.165, 1.54) is 42.2 Å². The van der Waals surface area contributed by atoms with E-state index in [4.69, 9.17) is 0 Å². The fraction of sp³-hybridized carbons (Fsp3) is 0.261. The molecule has 1 aliphatic rings. The van der Waals surface area contributed by atoms with E-state index in [1.807, 2.05) is 0 Å². The summed E-state index contributed by atoms with van der Waals surface area (Å²) in [7, 11) is 0. The summed E-state index contributed by atoms with van der Waals surface area (Å²) in [5.74, 6) is -1.22. The van der Waals surface area contributed by atoms with Crippen LogP contribution in [-0.4, -0.2) is 26.6 Å². The second-order valence-electron chi connectivity index (χ2n) is 7.68. The van der Waals surface area contributed by atoms with Gasteiger partial charge in [-0.1, -0.05) is 30.3 Å². The van der Waals surface area contributed by atoms with E-state index in [0.717, 1.165) is 16.8 Å². The van der Waals surface area contributed by atoms with Crippen molar-refractivity contribution < 1.29 is 22.4 Å². The van der Waals surface area contributed by atoms with Crippen LogP contribution in [0.15, 0.2) is 59.4 Å². The van der Waals surface area contributed by atoms with Gasteiger partial charge in [0.05, 0.1) is 11.3 Å². The molecule has 1 fully saturated rings. The van der Waals surface area contributed by atoms with Gasteiger partial charge in [0, 0.05) is 29.9 Å². The summed E-state index contributed by atoms with van der Waals surface area (Å²) < 4.78 is 55.6. The van der Waals surface area contributed by atoms with Gasteiger partial charge in [0.25, 0.3) is 5.91 Å². The number of amides is 1. The molecule has 1 heterocycles. The molecule has 5 nitrogen and oxygen atoms in total. The van der Waals surface area contributed by atoms with E-state index < -0.39 is 34.6 Å². The smallest absolute Gasteiger partial charge is 0.330 e. The molecule has 0 aliphatic heterocycles. The van der Waals surface area contributed by atoms with Crippen LogP contribution in [0, 0.1) is 12.7 Å². The minimum Gasteiger partial charge on any atom is -0.330 e. The fourth-order valence-electron chi connectivity index (χ4n) is 3.54. The molecule has 9 heteroatoms. The summed E-state index contributed by atoms with van der Waals surface area (Å²) >= 11 is 0. The quantitative estimate of drug-likeness (QED) is 0.544. The molecule has 0 N–H and O–H groups in total. The van der Waals surface area contributed by atoms with Crippen LogP contribution in [0.2, 0.25) is 0 Å². The molecule has 0 saturated heterocycles. The van der Waals surface area contributed by atoms with Gasteiger partial charge in [-0.25, -0.2) is 9.07 Å². The molecular weight excluding hydrogens is 426 g/mol. The van der Waals surface area contributed by atoms with Crippen LogP contribution in [0.3, 0.4) is 0 Å². The maximum atomic E-state index is 14.1. The van der Waals surface area contributed by atoms with Gasteiger partial charge < -0.3 is 4.90 Å². The van der Waals surface area contributed by atoms with Gasteiger partial charge in [0.15, 0.2) is 5.69 Å². The van der Waals surface area contributed by atoms with Crippen molar-refractivity contribution in [2.75, 3.05) is 0 Å². The van der Waals surface area contributed by atoms with Crippen molar-refractivity contribution in [3.63, 3.8) is 0 Å². The van der Waals surface area contributed by atoms with Crippen molar-refractivity contribution >= 4 is 5.91 Å². The molecule has 166 valence electrons. The Kier molecular flexibility index (Phi) is 5.58. The Morgan fingerprint density at radius 1 is 1.12 bits per heavy atom. The average Bonchev–Trinajstić information content (AvgIpc) is 3.57. The summed E-state index contributed by atoms with van der Waals surface area (Å²) in [6, 6.07) is 11.7. The number of carbonyl (C=O) groups excluding carboxylic acids is 1. The van der Waals surface area contributed by atoms with E-state index in [-0.39, 0.29) is 29.5 Å². The zero-order chi connectivity index (χ0) is 23.0. The molecule has 32 heavy (non-hydrogen) atoms. The first kappa shape index (κ1) is 21.7. The highest BCUT2D eigenvalue weighted by Gasteiger charge is 2.37. The predicted octanol–water partition coefficient (Wildman–Crippen LogP) is 4.50. The molecule has 1 aliphatic carbocycles. The summed E-state index contributed by atoms with van der Waals surface area (Å²) in [6.45, 7) is 1.37. The van der Waals surface area contributed by atoms with E-state index in [1.54, 1.807) is 12.1 Å². The van der Waals surface area contributed by atoms with Gasteiger partial charge in [-0.3, -0.25) is 9.59 Å². The third-order valence-electron chi connectivity index (χ3n) is 5.29. The third kappa shape index (κ3) is 4.28. The Balaban J connectivity index is 1.77. The van der Waals surface area contributed by atoms with Gasteiger partial charge in [-0.05, 0) is 38.0 Å². The Bertz CT molecular complexity index is 1230. The number of carbonyl (C=O) groups is 1. The first-order valence-corrected chi connectivity index (χ1v) is 9.99. The van der Waals surface area contributed by atoms with Gasteiger partial charge in [-0.2, -0.15) is 18.3 Å². The molecule has 1 aromatic heterocycles. The lowest BCUT2D eigenvalue weighted by Crippen LogP contribution is -2.37. The Hall–Kier alpha value is -3.49. The lowest BCUT2D eigenvalue weighted by molar-refractivity contribution is -0.137. The van der Waals surface area contributed by atoms with Crippen LogP contribution in [0.4, 0.5) is 17.6 Å². The zero-order valence-electron chi connectivity index (χ0n) is 17.1. The Labute approximate surface area is 180 Å². The molecule has 3 aromatic rings. The number of alkyl halides is 3. The summed E-state index contributed by atoms with van der Waals surface area (Å²) in [5, 5.41) is 4.03. The van der Waals surface area contributed by atoms with E-state index in [0.29, 0.717) is 12.8 Å².